The van der Waals surface area contributed by atoms with Gasteiger partial charge in [-0.3, -0.25) is 0 Å². The molecule has 0 aliphatic heterocycles. The van der Waals surface area contributed by atoms with Crippen molar-refractivity contribution in [2.75, 3.05) is 6.54 Å². The summed E-state index contributed by atoms with van der Waals surface area (Å²) < 4.78 is 12.8. The lowest BCUT2D eigenvalue weighted by atomic mass is 9.94. The molecule has 2 unspecified atom stereocenters. The molecular formula is C11H16FNO. The van der Waals surface area contributed by atoms with E-state index in [4.69, 9.17) is 5.73 Å². The highest BCUT2D eigenvalue weighted by molar-refractivity contribution is 5.28. The molecule has 0 aromatic heterocycles. The zero-order valence-electron chi connectivity index (χ0n) is 8.50. The van der Waals surface area contributed by atoms with Crippen LogP contribution in [0.5, 0.6) is 0 Å². The summed E-state index contributed by atoms with van der Waals surface area (Å²) >= 11 is 0. The maximum absolute atomic E-state index is 12.8. The number of hydrogen-bond acceptors (Lipinski definition) is 2. The average molecular weight is 197 g/mol. The molecule has 3 heteroatoms. The molecule has 0 saturated heterocycles. The fourth-order valence-electron chi connectivity index (χ4n) is 1.41. The van der Waals surface area contributed by atoms with Crippen molar-refractivity contribution in [2.24, 2.45) is 11.7 Å². The topological polar surface area (TPSA) is 46.2 Å². The van der Waals surface area contributed by atoms with Gasteiger partial charge >= 0.3 is 0 Å². The summed E-state index contributed by atoms with van der Waals surface area (Å²) in [5.41, 5.74) is 6.97. The first kappa shape index (κ1) is 11.1. The van der Waals surface area contributed by atoms with Crippen LogP contribution in [0.1, 0.15) is 24.2 Å². The molecule has 2 nitrogen and oxygen atoms in total. The molecule has 0 amide bonds. The van der Waals surface area contributed by atoms with Crippen molar-refractivity contribution in [3.05, 3.63) is 35.1 Å². The Hall–Kier alpha value is -0.930. The molecule has 1 aromatic carbocycles. The van der Waals surface area contributed by atoms with Crippen molar-refractivity contribution in [1.29, 1.82) is 0 Å². The molecule has 0 heterocycles. The fourth-order valence-corrected chi connectivity index (χ4v) is 1.41. The molecular weight excluding hydrogens is 181 g/mol. The predicted octanol–water partition coefficient (Wildman–Crippen LogP) is 1.76. The molecule has 0 fully saturated rings. The van der Waals surface area contributed by atoms with Crippen LogP contribution in [-0.4, -0.2) is 11.7 Å². The number of benzene rings is 1. The van der Waals surface area contributed by atoms with Crippen LogP contribution in [-0.2, 0) is 0 Å². The molecule has 1 rings (SSSR count). The van der Waals surface area contributed by atoms with Crippen LogP contribution >= 0.6 is 0 Å². The van der Waals surface area contributed by atoms with Crippen LogP contribution in [0, 0.1) is 18.7 Å². The molecule has 2 atom stereocenters. The van der Waals surface area contributed by atoms with E-state index >= 15 is 0 Å². The number of hydrogen-bond donors (Lipinski definition) is 2. The van der Waals surface area contributed by atoms with Crippen LogP contribution in [0.2, 0.25) is 0 Å². The van der Waals surface area contributed by atoms with E-state index in [9.17, 15) is 9.50 Å². The van der Waals surface area contributed by atoms with Crippen molar-refractivity contribution < 1.29 is 9.50 Å². The Bertz CT molecular complexity index is 314. The SMILES string of the molecule is Cc1cc(F)ccc1C(O)C(C)CN. The first-order chi connectivity index (χ1) is 6.56. The zero-order chi connectivity index (χ0) is 10.7. The van der Waals surface area contributed by atoms with Crippen LogP contribution in [0.25, 0.3) is 0 Å². The Labute approximate surface area is 83.6 Å². The van der Waals surface area contributed by atoms with Crippen molar-refractivity contribution in [2.45, 2.75) is 20.0 Å². The molecule has 78 valence electrons. The highest BCUT2D eigenvalue weighted by atomic mass is 19.1. The minimum atomic E-state index is -0.611. The van der Waals surface area contributed by atoms with Crippen molar-refractivity contribution in [1.82, 2.24) is 0 Å². The third-order valence-corrected chi connectivity index (χ3v) is 2.46. The number of aliphatic hydroxyl groups is 1. The molecule has 0 spiro atoms. The van der Waals surface area contributed by atoms with Gasteiger partial charge in [0.2, 0.25) is 0 Å². The molecule has 0 bridgehead atoms. The van der Waals surface area contributed by atoms with E-state index in [1.54, 1.807) is 13.0 Å². The van der Waals surface area contributed by atoms with Gasteiger partial charge in [0.25, 0.3) is 0 Å². The van der Waals surface area contributed by atoms with Crippen LogP contribution in [0.15, 0.2) is 18.2 Å². The summed E-state index contributed by atoms with van der Waals surface area (Å²) in [6.07, 6.45) is -0.611. The van der Waals surface area contributed by atoms with Crippen molar-refractivity contribution in [3.8, 4) is 0 Å². The van der Waals surface area contributed by atoms with Gasteiger partial charge in [0.1, 0.15) is 5.82 Å². The maximum atomic E-state index is 12.8. The van der Waals surface area contributed by atoms with E-state index in [-0.39, 0.29) is 11.7 Å². The Balaban J connectivity index is 2.95. The number of nitrogens with two attached hydrogens (primary N) is 1. The van der Waals surface area contributed by atoms with Gasteiger partial charge in [0.05, 0.1) is 6.10 Å². The smallest absolute Gasteiger partial charge is 0.123 e. The maximum Gasteiger partial charge on any atom is 0.123 e. The van der Waals surface area contributed by atoms with Crippen LogP contribution < -0.4 is 5.73 Å². The second-order valence-electron chi connectivity index (χ2n) is 3.66. The first-order valence-electron chi connectivity index (χ1n) is 4.70. The summed E-state index contributed by atoms with van der Waals surface area (Å²) in [6, 6.07) is 4.39. The Kier molecular flexibility index (Phi) is 3.61. The first-order valence-corrected chi connectivity index (χ1v) is 4.70. The standard InChI is InChI=1S/C11H16FNO/c1-7-5-9(12)3-4-10(7)11(14)8(2)6-13/h3-5,8,11,14H,6,13H2,1-2H3. The minimum absolute atomic E-state index is 0.0147. The Morgan fingerprint density at radius 3 is 2.64 bits per heavy atom. The molecule has 1 aromatic rings. The van der Waals surface area contributed by atoms with E-state index in [0.717, 1.165) is 11.1 Å². The number of aliphatic hydroxyl groups excluding tert-OH is 1. The quantitative estimate of drug-likeness (QED) is 0.775. The van der Waals surface area contributed by atoms with Crippen LogP contribution in [0.3, 0.4) is 0 Å². The van der Waals surface area contributed by atoms with E-state index in [1.165, 1.54) is 12.1 Å². The lowest BCUT2D eigenvalue weighted by molar-refractivity contribution is 0.121. The van der Waals surface area contributed by atoms with Gasteiger partial charge in [0.15, 0.2) is 0 Å². The second-order valence-corrected chi connectivity index (χ2v) is 3.66. The Morgan fingerprint density at radius 2 is 2.14 bits per heavy atom. The normalized spacial score (nSPS) is 15.2. The largest absolute Gasteiger partial charge is 0.388 e. The highest BCUT2D eigenvalue weighted by Crippen LogP contribution is 2.24. The third-order valence-electron chi connectivity index (χ3n) is 2.46. The summed E-state index contributed by atoms with van der Waals surface area (Å²) in [7, 11) is 0. The summed E-state index contributed by atoms with van der Waals surface area (Å²) in [5, 5.41) is 9.86. The lowest BCUT2D eigenvalue weighted by Crippen LogP contribution is -2.19. The Morgan fingerprint density at radius 1 is 1.50 bits per heavy atom. The fraction of sp³-hybridized carbons (Fsp3) is 0.455. The van der Waals surface area contributed by atoms with Gasteiger partial charge in [-0.05, 0) is 42.6 Å². The molecule has 14 heavy (non-hydrogen) atoms. The van der Waals surface area contributed by atoms with E-state index in [2.05, 4.69) is 0 Å². The predicted molar refractivity (Wildman–Crippen MR) is 54.3 cm³/mol. The minimum Gasteiger partial charge on any atom is -0.388 e. The zero-order valence-corrected chi connectivity index (χ0v) is 8.50. The molecule has 0 aliphatic rings. The summed E-state index contributed by atoms with van der Waals surface area (Å²) in [6.45, 7) is 4.07. The molecule has 0 aliphatic carbocycles. The molecule has 0 saturated carbocycles. The number of aryl methyl sites for hydroxylation is 1. The van der Waals surface area contributed by atoms with Gasteiger partial charge < -0.3 is 10.8 Å². The third kappa shape index (κ3) is 2.30. The van der Waals surface area contributed by atoms with Gasteiger partial charge in [-0.2, -0.15) is 0 Å². The van der Waals surface area contributed by atoms with Gasteiger partial charge in [-0.25, -0.2) is 4.39 Å². The molecule has 0 radical (unpaired) electrons. The van der Waals surface area contributed by atoms with E-state index < -0.39 is 6.10 Å². The second kappa shape index (κ2) is 4.53. The van der Waals surface area contributed by atoms with Crippen molar-refractivity contribution >= 4 is 0 Å². The van der Waals surface area contributed by atoms with E-state index in [1.807, 2.05) is 6.92 Å². The van der Waals surface area contributed by atoms with Crippen LogP contribution in [0.4, 0.5) is 4.39 Å². The number of rotatable bonds is 3. The summed E-state index contributed by atoms with van der Waals surface area (Å²) in [5.74, 6) is -0.294. The van der Waals surface area contributed by atoms with Gasteiger partial charge in [0, 0.05) is 0 Å². The van der Waals surface area contributed by atoms with Crippen molar-refractivity contribution in [3.63, 3.8) is 0 Å². The summed E-state index contributed by atoms with van der Waals surface area (Å²) in [4.78, 5) is 0. The highest BCUT2D eigenvalue weighted by Gasteiger charge is 2.16. The molecule has 3 N–H and O–H groups in total. The lowest BCUT2D eigenvalue weighted by Gasteiger charge is -2.19. The number of halogens is 1. The van der Waals surface area contributed by atoms with E-state index in [0.29, 0.717) is 6.54 Å². The monoisotopic (exact) mass is 197 g/mol. The average Bonchev–Trinajstić information content (AvgIpc) is 2.15. The van der Waals surface area contributed by atoms with Gasteiger partial charge in [-0.15, -0.1) is 0 Å². The van der Waals surface area contributed by atoms with Gasteiger partial charge in [-0.1, -0.05) is 13.0 Å².